The Labute approximate surface area is 227 Å². The zero-order chi connectivity index (χ0) is 27.8. The van der Waals surface area contributed by atoms with Crippen LogP contribution in [0.15, 0.2) is 29.6 Å². The second kappa shape index (κ2) is 13.2. The number of thiophene rings is 1. The lowest BCUT2D eigenvalue weighted by Gasteiger charge is -2.27. The predicted molar refractivity (Wildman–Crippen MR) is 137 cm³/mol. The van der Waals surface area contributed by atoms with Gasteiger partial charge in [-0.25, -0.2) is 9.59 Å². The standard InChI is InChI=1S/C26H24ClFN2O7S/c1-4-9-37-26(34)18-8-6-5-7-17(18)24(32)30(14-15-10-16(13-29-12-15)25(33)36-3)22-21(27)19(38-23(22)28)11-20(31)35-2/h1,10,12-13H,5-9,11,14H2,2-3H3. The van der Waals surface area contributed by atoms with Crippen molar-refractivity contribution in [1.82, 2.24) is 4.98 Å². The van der Waals surface area contributed by atoms with E-state index in [1.807, 2.05) is 0 Å². The molecule has 0 aromatic carbocycles. The molecule has 0 spiro atoms. The Morgan fingerprint density at radius 1 is 1.13 bits per heavy atom. The fourth-order valence-electron chi connectivity index (χ4n) is 3.92. The SMILES string of the molecule is C#CCOC(=O)C1=C(C(=O)N(Cc2cncc(C(=O)OC)c2)c2c(F)sc(CC(=O)OC)c2Cl)CCCC1. The maximum Gasteiger partial charge on any atom is 0.339 e. The van der Waals surface area contributed by atoms with E-state index in [2.05, 4.69) is 15.6 Å². The van der Waals surface area contributed by atoms with Gasteiger partial charge in [0.25, 0.3) is 5.91 Å². The molecule has 1 aliphatic carbocycles. The number of nitrogens with zero attached hydrogens (tertiary/aromatic N) is 2. The van der Waals surface area contributed by atoms with Crippen molar-refractivity contribution in [3.8, 4) is 12.3 Å². The molecule has 12 heteroatoms. The molecule has 0 radical (unpaired) electrons. The van der Waals surface area contributed by atoms with Gasteiger partial charge in [-0.15, -0.1) is 17.8 Å². The number of halogens is 2. The summed E-state index contributed by atoms with van der Waals surface area (Å²) in [5.74, 6) is -0.470. The monoisotopic (exact) mass is 562 g/mol. The third kappa shape index (κ3) is 6.57. The number of ether oxygens (including phenoxy) is 3. The molecule has 0 atom stereocenters. The van der Waals surface area contributed by atoms with Crippen molar-refractivity contribution in [1.29, 1.82) is 0 Å². The molecule has 0 unspecified atom stereocenters. The number of amides is 1. The molecule has 38 heavy (non-hydrogen) atoms. The molecule has 0 fully saturated rings. The number of anilines is 1. The van der Waals surface area contributed by atoms with Crippen LogP contribution in [0.1, 0.15) is 46.5 Å². The zero-order valence-corrected chi connectivity index (χ0v) is 22.2. The molecule has 2 aromatic rings. The topological polar surface area (TPSA) is 112 Å². The quantitative estimate of drug-likeness (QED) is 0.256. The van der Waals surface area contributed by atoms with E-state index in [0.717, 1.165) is 4.90 Å². The highest BCUT2D eigenvalue weighted by Crippen LogP contribution is 2.41. The Morgan fingerprint density at radius 2 is 1.84 bits per heavy atom. The minimum atomic E-state index is -0.813. The zero-order valence-electron chi connectivity index (χ0n) is 20.7. The van der Waals surface area contributed by atoms with E-state index in [-0.39, 0.29) is 64.7 Å². The number of pyridine rings is 1. The van der Waals surface area contributed by atoms with Crippen molar-refractivity contribution in [2.24, 2.45) is 0 Å². The predicted octanol–water partition coefficient (Wildman–Crippen LogP) is 4.02. The van der Waals surface area contributed by atoms with Crippen LogP contribution in [0.5, 0.6) is 0 Å². The van der Waals surface area contributed by atoms with Gasteiger partial charge >= 0.3 is 17.9 Å². The van der Waals surface area contributed by atoms with Crippen LogP contribution < -0.4 is 4.90 Å². The third-order valence-corrected chi connectivity index (χ3v) is 7.20. The summed E-state index contributed by atoms with van der Waals surface area (Å²) in [7, 11) is 2.40. The van der Waals surface area contributed by atoms with Gasteiger partial charge in [0.1, 0.15) is 5.69 Å². The van der Waals surface area contributed by atoms with E-state index in [0.29, 0.717) is 29.7 Å². The van der Waals surface area contributed by atoms with E-state index in [4.69, 9.17) is 27.5 Å². The fraction of sp³-hybridized carbons (Fsp3) is 0.346. The van der Waals surface area contributed by atoms with Crippen LogP contribution in [0.25, 0.3) is 0 Å². The van der Waals surface area contributed by atoms with E-state index < -0.39 is 28.9 Å². The number of esters is 3. The number of carbonyl (C=O) groups is 4. The number of carbonyl (C=O) groups excluding carboxylic acids is 4. The summed E-state index contributed by atoms with van der Waals surface area (Å²) in [5.41, 5.74) is 0.524. The summed E-state index contributed by atoms with van der Waals surface area (Å²) in [6.45, 7) is -0.515. The summed E-state index contributed by atoms with van der Waals surface area (Å²) in [6, 6.07) is 1.45. The normalized spacial score (nSPS) is 12.9. The molecule has 200 valence electrons. The van der Waals surface area contributed by atoms with Crippen LogP contribution >= 0.6 is 22.9 Å². The summed E-state index contributed by atoms with van der Waals surface area (Å²) in [5, 5.41) is -0.955. The molecule has 0 N–H and O–H groups in total. The maximum absolute atomic E-state index is 15.4. The van der Waals surface area contributed by atoms with Crippen LogP contribution in [0.3, 0.4) is 0 Å². The number of methoxy groups -OCH3 is 2. The summed E-state index contributed by atoms with van der Waals surface area (Å²) >= 11 is 7.10. The molecule has 0 saturated carbocycles. The number of aromatic nitrogens is 1. The van der Waals surface area contributed by atoms with Crippen LogP contribution in [0.4, 0.5) is 10.1 Å². The largest absolute Gasteiger partial charge is 0.469 e. The smallest absolute Gasteiger partial charge is 0.339 e. The molecule has 9 nitrogen and oxygen atoms in total. The van der Waals surface area contributed by atoms with Crippen LogP contribution in [0.2, 0.25) is 5.02 Å². The third-order valence-electron chi connectivity index (χ3n) is 5.71. The van der Waals surface area contributed by atoms with Gasteiger partial charge in [-0.05, 0) is 37.3 Å². The van der Waals surface area contributed by atoms with E-state index in [9.17, 15) is 19.2 Å². The number of hydrogen-bond acceptors (Lipinski definition) is 9. The summed E-state index contributed by atoms with van der Waals surface area (Å²) < 4.78 is 29.8. The first-order valence-corrected chi connectivity index (χ1v) is 12.6. The summed E-state index contributed by atoms with van der Waals surface area (Å²) in [4.78, 5) is 55.7. The second-order valence-electron chi connectivity index (χ2n) is 8.12. The van der Waals surface area contributed by atoms with Gasteiger partial charge in [-0.1, -0.05) is 17.5 Å². The first-order valence-electron chi connectivity index (χ1n) is 11.4. The molecule has 2 aromatic heterocycles. The molecule has 0 aliphatic heterocycles. The Hall–Kier alpha value is -3.75. The Kier molecular flexibility index (Phi) is 9.98. The Balaban J connectivity index is 2.12. The lowest BCUT2D eigenvalue weighted by molar-refractivity contribution is -0.140. The first-order chi connectivity index (χ1) is 18.2. The molecule has 3 rings (SSSR count). The van der Waals surface area contributed by atoms with Crippen molar-refractivity contribution in [2.75, 3.05) is 25.7 Å². The van der Waals surface area contributed by atoms with E-state index in [1.54, 1.807) is 0 Å². The molecular formula is C26H24ClFN2O7S. The van der Waals surface area contributed by atoms with Crippen molar-refractivity contribution >= 4 is 52.4 Å². The Morgan fingerprint density at radius 3 is 2.50 bits per heavy atom. The molecule has 1 aliphatic rings. The van der Waals surface area contributed by atoms with Gasteiger partial charge in [0, 0.05) is 28.4 Å². The van der Waals surface area contributed by atoms with Crippen molar-refractivity contribution in [3.63, 3.8) is 0 Å². The Bertz CT molecular complexity index is 1330. The number of terminal acetylenes is 1. The minimum absolute atomic E-state index is 0.121. The lowest BCUT2D eigenvalue weighted by atomic mass is 9.90. The van der Waals surface area contributed by atoms with Gasteiger partial charge in [0.05, 0.1) is 37.8 Å². The molecule has 2 heterocycles. The first kappa shape index (κ1) is 28.8. The van der Waals surface area contributed by atoms with Crippen LogP contribution in [-0.4, -0.2) is 49.6 Å². The van der Waals surface area contributed by atoms with Crippen molar-refractivity contribution in [2.45, 2.75) is 38.6 Å². The van der Waals surface area contributed by atoms with Gasteiger partial charge < -0.3 is 14.2 Å². The van der Waals surface area contributed by atoms with Crippen LogP contribution in [0, 0.1) is 17.5 Å². The van der Waals surface area contributed by atoms with Gasteiger partial charge in [-0.2, -0.15) is 4.39 Å². The highest BCUT2D eigenvalue weighted by molar-refractivity contribution is 7.11. The average molecular weight is 563 g/mol. The molecule has 1 amide bonds. The van der Waals surface area contributed by atoms with E-state index >= 15 is 4.39 Å². The van der Waals surface area contributed by atoms with Gasteiger partial charge in [-0.3, -0.25) is 19.5 Å². The molecule has 0 saturated heterocycles. The number of rotatable bonds is 9. The summed E-state index contributed by atoms with van der Waals surface area (Å²) in [6.07, 6.45) is 9.38. The highest BCUT2D eigenvalue weighted by atomic mass is 35.5. The highest BCUT2D eigenvalue weighted by Gasteiger charge is 2.33. The minimum Gasteiger partial charge on any atom is -0.469 e. The maximum atomic E-state index is 15.4. The molecular weight excluding hydrogens is 539 g/mol. The molecule has 0 bridgehead atoms. The van der Waals surface area contributed by atoms with Crippen LogP contribution in [-0.2, 0) is 41.6 Å². The number of hydrogen-bond donors (Lipinski definition) is 0. The second-order valence-corrected chi connectivity index (χ2v) is 9.56. The van der Waals surface area contributed by atoms with Gasteiger partial charge in [0.15, 0.2) is 6.61 Å². The lowest BCUT2D eigenvalue weighted by Crippen LogP contribution is -2.34. The van der Waals surface area contributed by atoms with Crippen molar-refractivity contribution < 1.29 is 37.8 Å². The average Bonchev–Trinajstić information content (AvgIpc) is 3.21. The van der Waals surface area contributed by atoms with E-state index in [1.165, 1.54) is 32.7 Å². The fourth-order valence-corrected chi connectivity index (χ4v) is 5.25. The van der Waals surface area contributed by atoms with Crippen molar-refractivity contribution in [3.05, 3.63) is 55.8 Å². The van der Waals surface area contributed by atoms with Gasteiger partial charge in [0.2, 0.25) is 5.13 Å².